The van der Waals surface area contributed by atoms with E-state index in [1.807, 2.05) is 41.3 Å². The molecule has 1 aliphatic heterocycles. The fourth-order valence-electron chi connectivity index (χ4n) is 4.80. The summed E-state index contributed by atoms with van der Waals surface area (Å²) in [6.45, 7) is 5.18. The summed E-state index contributed by atoms with van der Waals surface area (Å²) in [6.07, 6.45) is 8.90. The number of aliphatic carboxylic acids is 1. The zero-order chi connectivity index (χ0) is 24.0. The van der Waals surface area contributed by atoms with Gasteiger partial charge in [-0.2, -0.15) is 5.10 Å². The smallest absolute Gasteiger partial charge is 0.323 e. The average Bonchev–Trinajstić information content (AvgIpc) is 3.27. The Bertz CT molecular complexity index is 925. The summed E-state index contributed by atoms with van der Waals surface area (Å²) in [5.74, 6) is -0.948. The second kappa shape index (κ2) is 11.5. The van der Waals surface area contributed by atoms with Crippen molar-refractivity contribution in [3.63, 3.8) is 0 Å². The number of carbonyl (C=O) groups is 1. The van der Waals surface area contributed by atoms with Crippen LogP contribution in [0.5, 0.6) is 0 Å². The number of piperidine rings is 1. The Morgan fingerprint density at radius 3 is 2.85 bits per heavy atom. The third-order valence-corrected chi connectivity index (χ3v) is 7.12. The standard InChI is InChI=1S/C24H36BClN4O3/c1-18(14-24(27,23(31)32)11-5-6-12-25(2)33)29-13-7-8-20(17-29)30-16-19(15-28-30)21-9-3-4-10-22(21)26/h3-4,9-10,15-16,18,20,33H,5-8,11-14,17,27H2,1-2H3,(H,31,32). The fraction of sp³-hybridized carbons (Fsp3) is 0.583. The number of nitrogens with two attached hydrogens (primary N) is 1. The van der Waals surface area contributed by atoms with E-state index in [2.05, 4.69) is 16.9 Å². The fourth-order valence-corrected chi connectivity index (χ4v) is 5.05. The van der Waals surface area contributed by atoms with Gasteiger partial charge >= 0.3 is 5.97 Å². The van der Waals surface area contributed by atoms with Gasteiger partial charge in [0.25, 0.3) is 6.92 Å². The van der Waals surface area contributed by atoms with Crippen LogP contribution in [0.1, 0.15) is 51.5 Å². The highest BCUT2D eigenvalue weighted by molar-refractivity contribution is 6.48. The summed E-state index contributed by atoms with van der Waals surface area (Å²) < 4.78 is 2.01. The third kappa shape index (κ3) is 6.82. The van der Waals surface area contributed by atoms with Crippen LogP contribution in [-0.4, -0.2) is 62.4 Å². The van der Waals surface area contributed by atoms with E-state index in [9.17, 15) is 14.9 Å². The van der Waals surface area contributed by atoms with Crippen molar-refractivity contribution in [1.29, 1.82) is 0 Å². The largest absolute Gasteiger partial charge is 0.480 e. The zero-order valence-corrected chi connectivity index (χ0v) is 20.4. The van der Waals surface area contributed by atoms with Crippen LogP contribution in [0.4, 0.5) is 0 Å². The minimum Gasteiger partial charge on any atom is -0.480 e. The van der Waals surface area contributed by atoms with E-state index >= 15 is 0 Å². The summed E-state index contributed by atoms with van der Waals surface area (Å²) in [5, 5.41) is 24.6. The highest BCUT2D eigenvalue weighted by atomic mass is 35.5. The van der Waals surface area contributed by atoms with Crippen molar-refractivity contribution in [3.05, 3.63) is 41.7 Å². The lowest BCUT2D eigenvalue weighted by molar-refractivity contribution is -0.144. The topological polar surface area (TPSA) is 105 Å². The molecule has 180 valence electrons. The Balaban J connectivity index is 1.62. The normalized spacial score (nSPS) is 19.7. The van der Waals surface area contributed by atoms with Crippen LogP contribution in [-0.2, 0) is 4.79 Å². The highest BCUT2D eigenvalue weighted by Crippen LogP contribution is 2.31. The first-order valence-electron chi connectivity index (χ1n) is 11.9. The predicted octanol–water partition coefficient (Wildman–Crippen LogP) is 4.19. The van der Waals surface area contributed by atoms with Gasteiger partial charge in [-0.25, -0.2) is 0 Å². The number of hydrogen-bond acceptors (Lipinski definition) is 5. The molecule has 0 saturated carbocycles. The number of rotatable bonds is 11. The minimum absolute atomic E-state index is 0.0456. The van der Waals surface area contributed by atoms with Crippen LogP contribution >= 0.6 is 11.6 Å². The van der Waals surface area contributed by atoms with Crippen LogP contribution in [0.2, 0.25) is 18.2 Å². The number of carboxylic acids is 1. The van der Waals surface area contributed by atoms with Crippen LogP contribution < -0.4 is 5.73 Å². The molecule has 2 aromatic rings. The van der Waals surface area contributed by atoms with Crippen LogP contribution in [0.3, 0.4) is 0 Å². The molecule has 0 radical (unpaired) electrons. The Labute approximate surface area is 202 Å². The number of nitrogens with zero attached hydrogens (tertiary/aromatic N) is 3. The average molecular weight is 475 g/mol. The molecule has 7 nitrogen and oxygen atoms in total. The van der Waals surface area contributed by atoms with Crippen molar-refractivity contribution < 1.29 is 14.9 Å². The van der Waals surface area contributed by atoms with E-state index in [0.717, 1.165) is 43.5 Å². The molecule has 1 aromatic carbocycles. The van der Waals surface area contributed by atoms with Gasteiger partial charge in [0, 0.05) is 34.9 Å². The third-order valence-electron chi connectivity index (χ3n) is 6.79. The van der Waals surface area contributed by atoms with E-state index < -0.39 is 11.5 Å². The molecule has 0 amide bonds. The van der Waals surface area contributed by atoms with E-state index in [1.165, 1.54) is 0 Å². The lowest BCUT2D eigenvalue weighted by Gasteiger charge is -2.39. The van der Waals surface area contributed by atoms with Crippen molar-refractivity contribution in [1.82, 2.24) is 14.7 Å². The van der Waals surface area contributed by atoms with Crippen molar-refractivity contribution in [2.75, 3.05) is 13.1 Å². The Morgan fingerprint density at radius 2 is 2.15 bits per heavy atom. The molecule has 3 atom stereocenters. The summed E-state index contributed by atoms with van der Waals surface area (Å²) >= 11 is 6.35. The van der Waals surface area contributed by atoms with Gasteiger partial charge in [0.15, 0.2) is 0 Å². The molecule has 1 aromatic heterocycles. The van der Waals surface area contributed by atoms with Gasteiger partial charge in [0.05, 0.1) is 12.2 Å². The molecule has 4 N–H and O–H groups in total. The maximum Gasteiger partial charge on any atom is 0.323 e. The molecule has 3 unspecified atom stereocenters. The van der Waals surface area contributed by atoms with Crippen molar-refractivity contribution in [3.8, 4) is 11.1 Å². The molecule has 2 heterocycles. The molecule has 1 aliphatic rings. The van der Waals surface area contributed by atoms with Crippen LogP contribution in [0, 0.1) is 0 Å². The number of aromatic nitrogens is 2. The highest BCUT2D eigenvalue weighted by Gasteiger charge is 2.37. The number of halogens is 1. The monoisotopic (exact) mass is 474 g/mol. The van der Waals surface area contributed by atoms with E-state index in [4.69, 9.17) is 17.3 Å². The van der Waals surface area contributed by atoms with Crippen LogP contribution in [0.15, 0.2) is 36.7 Å². The van der Waals surface area contributed by atoms with Gasteiger partial charge in [-0.15, -0.1) is 0 Å². The predicted molar refractivity (Wildman–Crippen MR) is 134 cm³/mol. The molecule has 9 heteroatoms. The van der Waals surface area contributed by atoms with Crippen LogP contribution in [0.25, 0.3) is 11.1 Å². The Hall–Kier alpha value is -1.87. The zero-order valence-electron chi connectivity index (χ0n) is 19.7. The molecule has 3 rings (SSSR count). The summed E-state index contributed by atoms with van der Waals surface area (Å²) in [6, 6.07) is 8.02. The molecule has 0 aliphatic carbocycles. The van der Waals surface area contributed by atoms with Gasteiger partial charge < -0.3 is 15.9 Å². The maximum atomic E-state index is 12.0. The van der Waals surface area contributed by atoms with Crippen molar-refractivity contribution >= 4 is 24.5 Å². The quantitative estimate of drug-likeness (QED) is 0.333. The minimum atomic E-state index is -1.26. The SMILES string of the molecule is CB(O)CCCCC(N)(CC(C)N1CCCC(n2cc(-c3ccccc3Cl)cn2)C1)C(=O)O. The number of unbranched alkanes of at least 4 members (excludes halogenated alkanes) is 1. The number of likely N-dealkylation sites (tertiary alicyclic amines) is 1. The maximum absolute atomic E-state index is 12.0. The first-order valence-corrected chi connectivity index (χ1v) is 12.3. The summed E-state index contributed by atoms with van der Waals surface area (Å²) in [7, 11) is 0. The first kappa shape index (κ1) is 25.8. The van der Waals surface area contributed by atoms with Gasteiger partial charge in [-0.05, 0) is 51.5 Å². The Kier molecular flexibility index (Phi) is 8.98. The molecular formula is C24H36BClN4O3. The van der Waals surface area contributed by atoms with E-state index in [-0.39, 0.29) is 19.0 Å². The van der Waals surface area contributed by atoms with Gasteiger partial charge in [0.2, 0.25) is 0 Å². The molecular weight excluding hydrogens is 439 g/mol. The van der Waals surface area contributed by atoms with Gasteiger partial charge in [-0.3, -0.25) is 14.4 Å². The number of hydrogen-bond donors (Lipinski definition) is 3. The number of carboxylic acid groups (broad SMARTS) is 1. The molecule has 1 fully saturated rings. The lowest BCUT2D eigenvalue weighted by atomic mass is 9.66. The summed E-state index contributed by atoms with van der Waals surface area (Å²) in [4.78, 5) is 14.3. The van der Waals surface area contributed by atoms with Gasteiger partial charge in [0.1, 0.15) is 5.54 Å². The second-order valence-electron chi connectivity index (χ2n) is 9.59. The lowest BCUT2D eigenvalue weighted by Crippen LogP contribution is -2.53. The molecule has 0 bridgehead atoms. The summed E-state index contributed by atoms with van der Waals surface area (Å²) in [5.41, 5.74) is 7.08. The Morgan fingerprint density at radius 1 is 1.39 bits per heavy atom. The molecule has 33 heavy (non-hydrogen) atoms. The second-order valence-corrected chi connectivity index (χ2v) is 10.00. The molecule has 1 saturated heterocycles. The van der Waals surface area contributed by atoms with E-state index in [0.29, 0.717) is 30.6 Å². The van der Waals surface area contributed by atoms with E-state index in [1.54, 1.807) is 6.82 Å². The van der Waals surface area contributed by atoms with Crippen molar-refractivity contribution in [2.24, 2.45) is 5.73 Å². The first-order chi connectivity index (χ1) is 15.7. The number of benzene rings is 1. The molecule has 0 spiro atoms. The van der Waals surface area contributed by atoms with Gasteiger partial charge in [-0.1, -0.05) is 49.5 Å². The van der Waals surface area contributed by atoms with Crippen molar-refractivity contribution in [2.45, 2.75) is 76.2 Å².